The van der Waals surface area contributed by atoms with E-state index in [0.29, 0.717) is 6.61 Å². The standard InChI is InChI=1S/C23H27NO3S/c1-4-6-16-27-17-15-23-21-10-8-7-9-20(21)22(5-2)24(23)28(25,26)19-13-11-18(3)12-14-19/h5,7-15,17,22-23H,2,4,6,16H2,1,3H3/b17-15-. The van der Waals surface area contributed by atoms with Gasteiger partial charge in [0.2, 0.25) is 10.0 Å². The molecule has 0 N–H and O–H groups in total. The molecule has 148 valence electrons. The fraction of sp³-hybridized carbons (Fsp3) is 0.304. The summed E-state index contributed by atoms with van der Waals surface area (Å²) in [5.41, 5.74) is 2.93. The smallest absolute Gasteiger partial charge is 0.244 e. The lowest BCUT2D eigenvalue weighted by atomic mass is 10.0. The maximum atomic E-state index is 13.5. The zero-order valence-corrected chi connectivity index (χ0v) is 17.2. The highest BCUT2D eigenvalue weighted by atomic mass is 32.2. The van der Waals surface area contributed by atoms with Crippen LogP contribution in [0.1, 0.15) is 48.5 Å². The number of fused-ring (bicyclic) bond motifs is 1. The van der Waals surface area contributed by atoms with Crippen LogP contribution < -0.4 is 0 Å². The number of ether oxygens (including phenoxy) is 1. The van der Waals surface area contributed by atoms with Gasteiger partial charge in [0.05, 0.1) is 29.8 Å². The van der Waals surface area contributed by atoms with E-state index in [1.165, 1.54) is 4.31 Å². The summed E-state index contributed by atoms with van der Waals surface area (Å²) in [4.78, 5) is 0.281. The first-order valence-electron chi connectivity index (χ1n) is 9.60. The molecule has 2 aromatic rings. The maximum absolute atomic E-state index is 13.5. The van der Waals surface area contributed by atoms with E-state index in [4.69, 9.17) is 4.74 Å². The Morgan fingerprint density at radius 1 is 1.07 bits per heavy atom. The zero-order valence-electron chi connectivity index (χ0n) is 16.4. The number of hydrogen-bond donors (Lipinski definition) is 0. The quantitative estimate of drug-likeness (QED) is 0.345. The molecule has 0 spiro atoms. The first-order valence-corrected chi connectivity index (χ1v) is 11.0. The van der Waals surface area contributed by atoms with E-state index < -0.39 is 22.1 Å². The third kappa shape index (κ3) is 3.91. The third-order valence-corrected chi connectivity index (χ3v) is 6.85. The second-order valence-electron chi connectivity index (χ2n) is 6.96. The van der Waals surface area contributed by atoms with Crippen molar-refractivity contribution in [3.63, 3.8) is 0 Å². The predicted octanol–water partition coefficient (Wildman–Crippen LogP) is 5.30. The second-order valence-corrected chi connectivity index (χ2v) is 8.80. The molecular weight excluding hydrogens is 370 g/mol. The lowest BCUT2D eigenvalue weighted by Gasteiger charge is -2.26. The normalized spacial score (nSPS) is 19.6. The van der Waals surface area contributed by atoms with Crippen LogP contribution >= 0.6 is 0 Å². The van der Waals surface area contributed by atoms with Crippen LogP contribution in [0.4, 0.5) is 0 Å². The monoisotopic (exact) mass is 397 g/mol. The molecule has 5 heteroatoms. The number of benzene rings is 2. The number of rotatable bonds is 8. The minimum atomic E-state index is -3.73. The average Bonchev–Trinajstić information content (AvgIpc) is 3.02. The molecule has 28 heavy (non-hydrogen) atoms. The van der Waals surface area contributed by atoms with Crippen molar-refractivity contribution < 1.29 is 13.2 Å². The number of sulfonamides is 1. The molecule has 2 unspecified atom stereocenters. The fourth-order valence-corrected chi connectivity index (χ4v) is 5.18. The SMILES string of the molecule is C=CC1c2ccccc2C(/C=C\OCCCC)N1S(=O)(=O)c1ccc(C)cc1. The molecule has 4 nitrogen and oxygen atoms in total. The van der Waals surface area contributed by atoms with Crippen molar-refractivity contribution in [1.29, 1.82) is 0 Å². The highest BCUT2D eigenvalue weighted by molar-refractivity contribution is 7.89. The topological polar surface area (TPSA) is 46.6 Å². The third-order valence-electron chi connectivity index (χ3n) is 4.97. The van der Waals surface area contributed by atoms with E-state index in [0.717, 1.165) is 29.5 Å². The summed E-state index contributed by atoms with van der Waals surface area (Å²) in [6.07, 6.45) is 7.15. The van der Waals surface area contributed by atoms with Gasteiger partial charge in [-0.25, -0.2) is 8.42 Å². The molecule has 0 radical (unpaired) electrons. The van der Waals surface area contributed by atoms with Crippen molar-refractivity contribution in [1.82, 2.24) is 4.31 Å². The lowest BCUT2D eigenvalue weighted by molar-refractivity contribution is 0.239. The summed E-state index contributed by atoms with van der Waals surface area (Å²) in [5.74, 6) is 0. The Morgan fingerprint density at radius 3 is 2.32 bits per heavy atom. The van der Waals surface area contributed by atoms with Gasteiger partial charge in [0, 0.05) is 0 Å². The van der Waals surface area contributed by atoms with Gasteiger partial charge in [-0.05, 0) is 42.7 Å². The minimum Gasteiger partial charge on any atom is -0.501 e. The first kappa shape index (κ1) is 20.4. The Hall–Kier alpha value is -2.37. The Labute approximate surface area is 168 Å². The average molecular weight is 398 g/mol. The maximum Gasteiger partial charge on any atom is 0.244 e. The van der Waals surface area contributed by atoms with Gasteiger partial charge in [-0.15, -0.1) is 6.58 Å². The van der Waals surface area contributed by atoms with Crippen molar-refractivity contribution >= 4 is 10.0 Å². The molecule has 0 saturated carbocycles. The van der Waals surface area contributed by atoms with Gasteiger partial charge in [0.1, 0.15) is 0 Å². The Bertz CT molecular complexity index is 948. The lowest BCUT2D eigenvalue weighted by Crippen LogP contribution is -2.31. The van der Waals surface area contributed by atoms with Crippen molar-refractivity contribution in [3.05, 3.63) is 90.2 Å². The van der Waals surface area contributed by atoms with Crippen LogP contribution in [0.3, 0.4) is 0 Å². The van der Waals surface area contributed by atoms with Gasteiger partial charge in [0.15, 0.2) is 0 Å². The van der Waals surface area contributed by atoms with Crippen molar-refractivity contribution in [2.45, 2.75) is 43.7 Å². The molecule has 0 saturated heterocycles. The fourth-order valence-electron chi connectivity index (χ4n) is 3.47. The Morgan fingerprint density at radius 2 is 1.71 bits per heavy atom. The molecule has 0 fully saturated rings. The molecule has 1 heterocycles. The molecule has 0 aliphatic carbocycles. The predicted molar refractivity (Wildman–Crippen MR) is 112 cm³/mol. The van der Waals surface area contributed by atoms with Crippen molar-refractivity contribution in [3.8, 4) is 0 Å². The van der Waals surface area contributed by atoms with Crippen LogP contribution in [0.15, 0.2) is 78.4 Å². The molecule has 0 amide bonds. The van der Waals surface area contributed by atoms with E-state index in [1.54, 1.807) is 24.5 Å². The van der Waals surface area contributed by atoms with Crippen LogP contribution in [0, 0.1) is 6.92 Å². The molecule has 0 aromatic heterocycles. The van der Waals surface area contributed by atoms with Gasteiger partial charge in [-0.1, -0.05) is 61.4 Å². The Kier molecular flexibility index (Phi) is 6.37. The van der Waals surface area contributed by atoms with Gasteiger partial charge >= 0.3 is 0 Å². The summed E-state index contributed by atoms with van der Waals surface area (Å²) < 4.78 is 34.2. The minimum absolute atomic E-state index is 0.281. The number of unbranched alkanes of at least 4 members (excludes halogenated alkanes) is 1. The highest BCUT2D eigenvalue weighted by Crippen LogP contribution is 2.46. The van der Waals surface area contributed by atoms with Crippen molar-refractivity contribution in [2.75, 3.05) is 6.61 Å². The van der Waals surface area contributed by atoms with Crippen LogP contribution in [-0.2, 0) is 14.8 Å². The van der Waals surface area contributed by atoms with Crippen LogP contribution in [0.2, 0.25) is 0 Å². The largest absolute Gasteiger partial charge is 0.501 e. The molecule has 0 bridgehead atoms. The van der Waals surface area contributed by atoms with Gasteiger partial charge in [-0.3, -0.25) is 0 Å². The highest BCUT2D eigenvalue weighted by Gasteiger charge is 2.43. The molecule has 1 aliphatic rings. The first-order chi connectivity index (χ1) is 13.5. The van der Waals surface area contributed by atoms with E-state index in [9.17, 15) is 8.42 Å². The van der Waals surface area contributed by atoms with Crippen molar-refractivity contribution in [2.24, 2.45) is 0 Å². The van der Waals surface area contributed by atoms with E-state index in [1.807, 2.05) is 49.4 Å². The van der Waals surface area contributed by atoms with Crippen LogP contribution in [0.5, 0.6) is 0 Å². The van der Waals surface area contributed by atoms with Gasteiger partial charge in [0.25, 0.3) is 0 Å². The summed E-state index contributed by atoms with van der Waals surface area (Å²) in [6, 6.07) is 13.9. The summed E-state index contributed by atoms with van der Waals surface area (Å²) in [7, 11) is -3.73. The van der Waals surface area contributed by atoms with E-state index in [2.05, 4.69) is 13.5 Å². The van der Waals surface area contributed by atoms with E-state index in [-0.39, 0.29) is 4.90 Å². The molecule has 1 aliphatic heterocycles. The summed E-state index contributed by atoms with van der Waals surface area (Å²) >= 11 is 0. The summed E-state index contributed by atoms with van der Waals surface area (Å²) in [5, 5.41) is 0. The van der Waals surface area contributed by atoms with Crippen LogP contribution in [0.25, 0.3) is 0 Å². The molecule has 3 rings (SSSR count). The van der Waals surface area contributed by atoms with Gasteiger partial charge < -0.3 is 4.74 Å². The van der Waals surface area contributed by atoms with E-state index >= 15 is 0 Å². The number of aryl methyl sites for hydroxylation is 1. The second kappa shape index (κ2) is 8.76. The molecule has 2 aromatic carbocycles. The number of hydrogen-bond acceptors (Lipinski definition) is 3. The Balaban J connectivity index is 2.02. The zero-order chi connectivity index (χ0) is 20.1. The number of nitrogens with zero attached hydrogens (tertiary/aromatic N) is 1. The van der Waals surface area contributed by atoms with Gasteiger partial charge in [-0.2, -0.15) is 4.31 Å². The van der Waals surface area contributed by atoms with Crippen LogP contribution in [-0.4, -0.2) is 19.3 Å². The summed E-state index contributed by atoms with van der Waals surface area (Å²) in [6.45, 7) is 8.57. The molecule has 2 atom stereocenters. The molecular formula is C23H27NO3S.